The van der Waals surface area contributed by atoms with E-state index in [9.17, 15) is 8.78 Å². The molecule has 100 valence electrons. The Labute approximate surface area is 102 Å². The van der Waals surface area contributed by atoms with Gasteiger partial charge < -0.3 is 0 Å². The van der Waals surface area contributed by atoms with E-state index in [1.54, 1.807) is 0 Å². The molecule has 2 fully saturated rings. The van der Waals surface area contributed by atoms with Crippen molar-refractivity contribution < 1.29 is 8.78 Å². The molecule has 3 nitrogen and oxygen atoms in total. The Morgan fingerprint density at radius 3 is 1.47 bits per heavy atom. The molecule has 0 saturated heterocycles. The summed E-state index contributed by atoms with van der Waals surface area (Å²) in [5.41, 5.74) is 8.68. The van der Waals surface area contributed by atoms with Crippen molar-refractivity contribution in [2.45, 2.75) is 75.8 Å². The first kappa shape index (κ1) is 13.2. The minimum Gasteiger partial charge on any atom is -0.246 e. The molecule has 0 radical (unpaired) electrons. The SMILES string of the molecule is FC1CCCCC1NNNC1CCCCC1F. The molecule has 2 aliphatic rings. The van der Waals surface area contributed by atoms with E-state index in [0.717, 1.165) is 38.5 Å². The minimum absolute atomic E-state index is 0.141. The van der Waals surface area contributed by atoms with Crippen LogP contribution in [-0.2, 0) is 0 Å². The fraction of sp³-hybridized carbons (Fsp3) is 1.00. The molecular weight excluding hydrogens is 224 g/mol. The Hall–Kier alpha value is -0.260. The van der Waals surface area contributed by atoms with Crippen LogP contribution in [0.5, 0.6) is 0 Å². The third kappa shape index (κ3) is 3.86. The van der Waals surface area contributed by atoms with Gasteiger partial charge in [0.2, 0.25) is 0 Å². The maximum atomic E-state index is 13.5. The van der Waals surface area contributed by atoms with Crippen LogP contribution in [0.15, 0.2) is 0 Å². The molecule has 0 bridgehead atoms. The average Bonchev–Trinajstić information content (AvgIpc) is 2.34. The van der Waals surface area contributed by atoms with Gasteiger partial charge in [-0.3, -0.25) is 0 Å². The van der Waals surface area contributed by atoms with E-state index in [4.69, 9.17) is 0 Å². The number of halogens is 2. The smallest absolute Gasteiger partial charge is 0.117 e. The molecule has 0 amide bonds. The normalized spacial score (nSPS) is 39.2. The summed E-state index contributed by atoms with van der Waals surface area (Å²) >= 11 is 0. The summed E-state index contributed by atoms with van der Waals surface area (Å²) in [6.45, 7) is 0. The Bertz CT molecular complexity index is 206. The molecule has 0 spiro atoms. The molecule has 0 heterocycles. The van der Waals surface area contributed by atoms with Crippen molar-refractivity contribution >= 4 is 0 Å². The van der Waals surface area contributed by atoms with E-state index in [2.05, 4.69) is 16.4 Å². The molecule has 17 heavy (non-hydrogen) atoms. The van der Waals surface area contributed by atoms with E-state index >= 15 is 0 Å². The van der Waals surface area contributed by atoms with E-state index in [0.29, 0.717) is 12.8 Å². The molecule has 0 aromatic heterocycles. The zero-order valence-corrected chi connectivity index (χ0v) is 10.2. The van der Waals surface area contributed by atoms with E-state index < -0.39 is 12.3 Å². The Kier molecular flexibility index (Phi) is 5.13. The van der Waals surface area contributed by atoms with Crippen LogP contribution in [0.1, 0.15) is 51.4 Å². The lowest BCUT2D eigenvalue weighted by atomic mass is 9.94. The molecule has 5 heteroatoms. The molecule has 2 aliphatic carbocycles. The molecule has 0 aromatic carbocycles. The number of alkyl halides is 2. The summed E-state index contributed by atoms with van der Waals surface area (Å²) in [6, 6.07) is -0.282. The van der Waals surface area contributed by atoms with Crippen molar-refractivity contribution in [1.82, 2.24) is 16.4 Å². The van der Waals surface area contributed by atoms with Gasteiger partial charge in [0.05, 0.1) is 12.1 Å². The molecule has 2 saturated carbocycles. The van der Waals surface area contributed by atoms with Crippen molar-refractivity contribution in [2.75, 3.05) is 0 Å². The number of hydrogen-bond donors (Lipinski definition) is 3. The van der Waals surface area contributed by atoms with Gasteiger partial charge in [-0.25, -0.2) is 19.6 Å². The Morgan fingerprint density at radius 2 is 1.06 bits per heavy atom. The van der Waals surface area contributed by atoms with Crippen LogP contribution in [0, 0.1) is 0 Å². The number of hydrazine groups is 2. The fourth-order valence-corrected chi connectivity index (χ4v) is 2.72. The van der Waals surface area contributed by atoms with Gasteiger partial charge in [-0.1, -0.05) is 25.7 Å². The van der Waals surface area contributed by atoms with Gasteiger partial charge in [0.1, 0.15) is 12.3 Å². The predicted octanol–water partition coefficient (Wildman–Crippen LogP) is 2.15. The minimum atomic E-state index is -0.787. The zero-order chi connectivity index (χ0) is 12.1. The second kappa shape index (κ2) is 6.61. The lowest BCUT2D eigenvalue weighted by Crippen LogP contribution is -2.57. The Morgan fingerprint density at radius 1 is 0.647 bits per heavy atom. The second-order valence-electron chi connectivity index (χ2n) is 5.23. The highest BCUT2D eigenvalue weighted by Gasteiger charge is 2.26. The van der Waals surface area contributed by atoms with Gasteiger partial charge in [-0.15, -0.1) is 0 Å². The van der Waals surface area contributed by atoms with Crippen LogP contribution >= 0.6 is 0 Å². The first-order chi connectivity index (χ1) is 8.27. The molecular formula is C12H23F2N3. The van der Waals surface area contributed by atoms with Crippen LogP contribution in [-0.4, -0.2) is 24.4 Å². The summed E-state index contributed by atoms with van der Waals surface area (Å²) in [5, 5.41) is 0. The molecule has 0 aromatic rings. The van der Waals surface area contributed by atoms with Crippen molar-refractivity contribution in [2.24, 2.45) is 0 Å². The number of hydrogen-bond acceptors (Lipinski definition) is 3. The standard InChI is InChI=1S/C12H23F2N3/c13-9-5-1-3-7-11(9)15-17-16-12-8-4-2-6-10(12)14/h9-12,15-17H,1-8H2. The van der Waals surface area contributed by atoms with Crippen LogP contribution in [0.4, 0.5) is 8.78 Å². The maximum absolute atomic E-state index is 13.5. The number of rotatable bonds is 4. The van der Waals surface area contributed by atoms with Gasteiger partial charge in [-0.05, 0) is 25.7 Å². The largest absolute Gasteiger partial charge is 0.246 e. The van der Waals surface area contributed by atoms with Crippen LogP contribution in [0.25, 0.3) is 0 Å². The van der Waals surface area contributed by atoms with Gasteiger partial charge in [0.15, 0.2) is 0 Å². The predicted molar refractivity (Wildman–Crippen MR) is 63.7 cm³/mol. The first-order valence-electron chi connectivity index (χ1n) is 6.81. The Balaban J connectivity index is 1.64. The van der Waals surface area contributed by atoms with Gasteiger partial charge in [0, 0.05) is 0 Å². The van der Waals surface area contributed by atoms with E-state index in [1.807, 2.05) is 0 Å². The van der Waals surface area contributed by atoms with Gasteiger partial charge >= 0.3 is 0 Å². The molecule has 0 aliphatic heterocycles. The van der Waals surface area contributed by atoms with Crippen molar-refractivity contribution in [3.63, 3.8) is 0 Å². The highest BCUT2D eigenvalue weighted by Crippen LogP contribution is 2.21. The molecule has 3 N–H and O–H groups in total. The summed E-state index contributed by atoms with van der Waals surface area (Å²) in [5.74, 6) is 0. The lowest BCUT2D eigenvalue weighted by molar-refractivity contribution is 0.135. The van der Waals surface area contributed by atoms with Crippen LogP contribution in [0.3, 0.4) is 0 Å². The topological polar surface area (TPSA) is 36.1 Å². The van der Waals surface area contributed by atoms with E-state index in [1.165, 1.54) is 0 Å². The third-order valence-corrected chi connectivity index (χ3v) is 3.88. The molecule has 4 atom stereocenters. The number of nitrogens with one attached hydrogen (secondary N) is 3. The lowest BCUT2D eigenvalue weighted by Gasteiger charge is -2.30. The molecule has 4 unspecified atom stereocenters. The van der Waals surface area contributed by atoms with Crippen molar-refractivity contribution in [1.29, 1.82) is 0 Å². The third-order valence-electron chi connectivity index (χ3n) is 3.88. The monoisotopic (exact) mass is 247 g/mol. The summed E-state index contributed by atoms with van der Waals surface area (Å²) in [6.07, 6.45) is 5.46. The summed E-state index contributed by atoms with van der Waals surface area (Å²) in [7, 11) is 0. The van der Waals surface area contributed by atoms with E-state index in [-0.39, 0.29) is 12.1 Å². The van der Waals surface area contributed by atoms with Gasteiger partial charge in [-0.2, -0.15) is 5.53 Å². The average molecular weight is 247 g/mol. The maximum Gasteiger partial charge on any atom is 0.117 e. The molecule has 2 rings (SSSR count). The van der Waals surface area contributed by atoms with Crippen molar-refractivity contribution in [3.05, 3.63) is 0 Å². The highest BCUT2D eigenvalue weighted by molar-refractivity contribution is 4.81. The first-order valence-corrected chi connectivity index (χ1v) is 6.81. The van der Waals surface area contributed by atoms with Crippen molar-refractivity contribution in [3.8, 4) is 0 Å². The summed E-state index contributed by atoms with van der Waals surface area (Å²) in [4.78, 5) is 0. The van der Waals surface area contributed by atoms with Crippen LogP contribution in [0.2, 0.25) is 0 Å². The van der Waals surface area contributed by atoms with Crippen LogP contribution < -0.4 is 16.4 Å². The van der Waals surface area contributed by atoms with Gasteiger partial charge in [0.25, 0.3) is 0 Å². The second-order valence-corrected chi connectivity index (χ2v) is 5.23. The quantitative estimate of drug-likeness (QED) is 0.666. The highest BCUT2D eigenvalue weighted by atomic mass is 19.1. The fourth-order valence-electron chi connectivity index (χ4n) is 2.72. The summed E-state index contributed by atoms with van der Waals surface area (Å²) < 4.78 is 27.0. The zero-order valence-electron chi connectivity index (χ0n) is 10.2.